The molecule has 18 heavy (non-hydrogen) atoms. The van der Waals surface area contributed by atoms with Gasteiger partial charge in [0.1, 0.15) is 11.5 Å². The Hall–Kier alpha value is -1.42. The van der Waals surface area contributed by atoms with Crippen LogP contribution in [0.1, 0.15) is 19.4 Å². The monoisotopic (exact) mass is 253 g/mol. The quantitative estimate of drug-likeness (QED) is 0.873. The molecular formula is C14H23NO3. The van der Waals surface area contributed by atoms with Crippen LogP contribution in [0.15, 0.2) is 12.1 Å². The van der Waals surface area contributed by atoms with Crippen LogP contribution in [-0.2, 0) is 0 Å². The number of benzene rings is 1. The summed E-state index contributed by atoms with van der Waals surface area (Å²) in [7, 11) is 5.21. The Labute approximate surface area is 109 Å². The van der Waals surface area contributed by atoms with Gasteiger partial charge in [0.15, 0.2) is 0 Å². The van der Waals surface area contributed by atoms with Gasteiger partial charge in [-0.05, 0) is 32.4 Å². The minimum atomic E-state index is -0.766. The molecule has 0 spiro atoms. The normalized spacial score (nSPS) is 11.3. The summed E-state index contributed by atoms with van der Waals surface area (Å²) in [6, 6.07) is 3.87. The smallest absolute Gasteiger partial charge is 0.142 e. The Morgan fingerprint density at radius 1 is 1.17 bits per heavy atom. The van der Waals surface area contributed by atoms with E-state index in [1.807, 2.05) is 31.0 Å². The van der Waals surface area contributed by atoms with Crippen molar-refractivity contribution in [2.24, 2.45) is 0 Å². The van der Waals surface area contributed by atoms with E-state index in [2.05, 4.69) is 0 Å². The summed E-state index contributed by atoms with van der Waals surface area (Å²) < 4.78 is 10.7. The molecule has 0 saturated heterocycles. The zero-order valence-electron chi connectivity index (χ0n) is 12.1. The molecule has 1 N–H and O–H groups in total. The van der Waals surface area contributed by atoms with E-state index in [9.17, 15) is 5.11 Å². The second-order valence-corrected chi connectivity index (χ2v) is 5.16. The number of ether oxygens (including phenoxy) is 2. The Morgan fingerprint density at radius 2 is 1.72 bits per heavy atom. The van der Waals surface area contributed by atoms with Crippen molar-refractivity contribution in [3.05, 3.63) is 17.7 Å². The van der Waals surface area contributed by atoms with Crippen molar-refractivity contribution in [1.29, 1.82) is 0 Å². The maximum Gasteiger partial charge on any atom is 0.142 e. The number of hydrogen-bond donors (Lipinski definition) is 1. The molecule has 0 aromatic heterocycles. The topological polar surface area (TPSA) is 41.9 Å². The van der Waals surface area contributed by atoms with E-state index < -0.39 is 5.60 Å². The van der Waals surface area contributed by atoms with Gasteiger partial charge in [-0.1, -0.05) is 0 Å². The number of hydrogen-bond acceptors (Lipinski definition) is 4. The molecule has 1 aromatic carbocycles. The highest BCUT2D eigenvalue weighted by Gasteiger charge is 2.19. The van der Waals surface area contributed by atoms with E-state index in [0.717, 1.165) is 22.7 Å². The lowest BCUT2D eigenvalue weighted by Crippen LogP contribution is -2.36. The second kappa shape index (κ2) is 5.48. The third-order valence-corrected chi connectivity index (χ3v) is 2.73. The predicted molar refractivity (Wildman–Crippen MR) is 73.9 cm³/mol. The van der Waals surface area contributed by atoms with Gasteiger partial charge in [-0.15, -0.1) is 0 Å². The standard InChI is InChI=1S/C14H23NO3/c1-10-7-13(18-6)11(8-12(10)17-5)15(4)9-14(2,3)16/h7-8,16H,9H2,1-6H3. The lowest BCUT2D eigenvalue weighted by atomic mass is 10.1. The number of rotatable bonds is 5. The Morgan fingerprint density at radius 3 is 2.17 bits per heavy atom. The third kappa shape index (κ3) is 3.53. The molecule has 0 saturated carbocycles. The van der Waals surface area contributed by atoms with E-state index in [1.165, 1.54) is 0 Å². The van der Waals surface area contributed by atoms with E-state index in [4.69, 9.17) is 9.47 Å². The minimum absolute atomic E-state index is 0.509. The number of methoxy groups -OCH3 is 2. The molecular weight excluding hydrogens is 230 g/mol. The van der Waals surface area contributed by atoms with Crippen molar-refractivity contribution in [2.45, 2.75) is 26.4 Å². The Kier molecular flexibility index (Phi) is 4.46. The minimum Gasteiger partial charge on any atom is -0.496 e. The highest BCUT2D eigenvalue weighted by molar-refractivity contribution is 5.63. The average Bonchev–Trinajstić information content (AvgIpc) is 2.26. The van der Waals surface area contributed by atoms with Crippen molar-refractivity contribution in [1.82, 2.24) is 0 Å². The van der Waals surface area contributed by atoms with Crippen molar-refractivity contribution < 1.29 is 14.6 Å². The van der Waals surface area contributed by atoms with Crippen LogP contribution >= 0.6 is 0 Å². The van der Waals surface area contributed by atoms with Crippen LogP contribution in [0, 0.1) is 6.92 Å². The molecule has 1 rings (SSSR count). The molecule has 0 amide bonds. The molecule has 0 heterocycles. The van der Waals surface area contributed by atoms with Crippen molar-refractivity contribution in [3.63, 3.8) is 0 Å². The fraction of sp³-hybridized carbons (Fsp3) is 0.571. The van der Waals surface area contributed by atoms with E-state index >= 15 is 0 Å². The first-order chi connectivity index (χ1) is 8.28. The first-order valence-corrected chi connectivity index (χ1v) is 5.94. The van der Waals surface area contributed by atoms with Crippen LogP contribution in [0.3, 0.4) is 0 Å². The number of aryl methyl sites for hydroxylation is 1. The molecule has 0 bridgehead atoms. The summed E-state index contributed by atoms with van der Waals surface area (Å²) in [6.45, 7) is 6.04. The first kappa shape index (κ1) is 14.6. The largest absolute Gasteiger partial charge is 0.496 e. The van der Waals surface area contributed by atoms with Crippen LogP contribution in [0.4, 0.5) is 5.69 Å². The maximum absolute atomic E-state index is 9.88. The molecule has 102 valence electrons. The first-order valence-electron chi connectivity index (χ1n) is 5.94. The van der Waals surface area contributed by atoms with Crippen molar-refractivity contribution >= 4 is 5.69 Å². The molecule has 0 atom stereocenters. The van der Waals surface area contributed by atoms with Gasteiger partial charge in [0.25, 0.3) is 0 Å². The van der Waals surface area contributed by atoms with Crippen LogP contribution in [0.2, 0.25) is 0 Å². The molecule has 1 aromatic rings. The number of nitrogens with zero attached hydrogens (tertiary/aromatic N) is 1. The Bertz CT molecular complexity index is 410. The third-order valence-electron chi connectivity index (χ3n) is 2.73. The second-order valence-electron chi connectivity index (χ2n) is 5.16. The summed E-state index contributed by atoms with van der Waals surface area (Å²) in [5.74, 6) is 1.59. The lowest BCUT2D eigenvalue weighted by Gasteiger charge is -2.29. The molecule has 4 nitrogen and oxygen atoms in total. The highest BCUT2D eigenvalue weighted by atomic mass is 16.5. The number of likely N-dealkylation sites (N-methyl/N-ethyl adjacent to an activating group) is 1. The summed E-state index contributed by atoms with van der Waals surface area (Å²) in [5.41, 5.74) is 1.16. The van der Waals surface area contributed by atoms with Crippen molar-refractivity contribution in [2.75, 3.05) is 32.7 Å². The SMILES string of the molecule is COc1cc(N(C)CC(C)(C)O)c(OC)cc1C. The van der Waals surface area contributed by atoms with Gasteiger partial charge in [0, 0.05) is 19.7 Å². The van der Waals surface area contributed by atoms with Gasteiger partial charge < -0.3 is 19.5 Å². The molecule has 4 heteroatoms. The van der Waals surface area contributed by atoms with Gasteiger partial charge in [0.2, 0.25) is 0 Å². The molecule has 0 aliphatic heterocycles. The van der Waals surface area contributed by atoms with Gasteiger partial charge >= 0.3 is 0 Å². The van der Waals surface area contributed by atoms with Gasteiger partial charge in [-0.3, -0.25) is 0 Å². The van der Waals surface area contributed by atoms with Crippen LogP contribution in [0.5, 0.6) is 11.5 Å². The zero-order chi connectivity index (χ0) is 13.9. The number of anilines is 1. The molecule has 0 radical (unpaired) electrons. The molecule has 0 unspecified atom stereocenters. The van der Waals surface area contributed by atoms with Crippen LogP contribution in [0.25, 0.3) is 0 Å². The number of aliphatic hydroxyl groups is 1. The van der Waals surface area contributed by atoms with Crippen LogP contribution in [-0.4, -0.2) is 38.5 Å². The molecule has 0 fully saturated rings. The maximum atomic E-state index is 9.88. The van der Waals surface area contributed by atoms with E-state index in [-0.39, 0.29) is 0 Å². The fourth-order valence-electron chi connectivity index (χ4n) is 2.00. The van der Waals surface area contributed by atoms with Gasteiger partial charge in [-0.2, -0.15) is 0 Å². The average molecular weight is 253 g/mol. The highest BCUT2D eigenvalue weighted by Crippen LogP contribution is 2.35. The van der Waals surface area contributed by atoms with Gasteiger partial charge in [0.05, 0.1) is 25.5 Å². The fourth-order valence-corrected chi connectivity index (χ4v) is 2.00. The summed E-state index contributed by atoms with van der Waals surface area (Å²) >= 11 is 0. The Balaban J connectivity index is 3.13. The lowest BCUT2D eigenvalue weighted by molar-refractivity contribution is 0.0885. The van der Waals surface area contributed by atoms with E-state index in [1.54, 1.807) is 28.1 Å². The van der Waals surface area contributed by atoms with Gasteiger partial charge in [-0.25, -0.2) is 0 Å². The summed E-state index contributed by atoms with van der Waals surface area (Å²) in [5, 5.41) is 9.88. The molecule has 0 aliphatic carbocycles. The van der Waals surface area contributed by atoms with E-state index in [0.29, 0.717) is 6.54 Å². The molecule has 0 aliphatic rings. The predicted octanol–water partition coefficient (Wildman–Crippen LogP) is 2.22. The summed E-state index contributed by atoms with van der Waals surface area (Å²) in [6.07, 6.45) is 0. The van der Waals surface area contributed by atoms with Crippen molar-refractivity contribution in [3.8, 4) is 11.5 Å². The zero-order valence-corrected chi connectivity index (χ0v) is 12.1. The van der Waals surface area contributed by atoms with Crippen LogP contribution < -0.4 is 14.4 Å². The summed E-state index contributed by atoms with van der Waals surface area (Å²) in [4.78, 5) is 1.96.